The van der Waals surface area contributed by atoms with Gasteiger partial charge in [-0.1, -0.05) is 45.0 Å². The first kappa shape index (κ1) is 32.8. The van der Waals surface area contributed by atoms with Gasteiger partial charge in [0.15, 0.2) is 0 Å². The topological polar surface area (TPSA) is 119 Å². The van der Waals surface area contributed by atoms with Crippen LogP contribution in [-0.4, -0.2) is 51.4 Å². The molecule has 1 aliphatic carbocycles. The van der Waals surface area contributed by atoms with Crippen molar-refractivity contribution >= 4 is 32.9 Å². The summed E-state index contributed by atoms with van der Waals surface area (Å²) in [5, 5.41) is 1.07. The highest BCUT2D eigenvalue weighted by molar-refractivity contribution is 7.92. The third-order valence-electron chi connectivity index (χ3n) is 9.33. The minimum atomic E-state index is -4.17. The summed E-state index contributed by atoms with van der Waals surface area (Å²) in [6, 6.07) is 19.6. The van der Waals surface area contributed by atoms with E-state index in [0.29, 0.717) is 18.0 Å². The van der Waals surface area contributed by atoms with Crippen LogP contribution in [0.25, 0.3) is 22.3 Å². The second-order valence-electron chi connectivity index (χ2n) is 14.6. The lowest BCUT2D eigenvalue weighted by Crippen LogP contribution is -2.45. The molecule has 4 heterocycles. The molecule has 4 bridgehead atoms. The number of carbonyl (C=O) groups is 1. The fraction of sp³-hybridized carbons (Fsp3) is 0.368. The van der Waals surface area contributed by atoms with Crippen LogP contribution in [0.15, 0.2) is 71.6 Å². The molecule has 11 heteroatoms. The molecule has 1 fully saturated rings. The number of anilines is 1. The highest BCUT2D eigenvalue weighted by Gasteiger charge is 2.32. The maximum Gasteiger partial charge on any atom is 0.264 e. The van der Waals surface area contributed by atoms with Crippen molar-refractivity contribution in [1.29, 1.82) is 0 Å². The van der Waals surface area contributed by atoms with Gasteiger partial charge >= 0.3 is 0 Å². The Labute approximate surface area is 287 Å². The molecule has 254 valence electrons. The van der Waals surface area contributed by atoms with Crippen molar-refractivity contribution in [3.8, 4) is 17.1 Å². The van der Waals surface area contributed by atoms with Crippen molar-refractivity contribution in [2.24, 2.45) is 12.5 Å². The average molecular weight is 679 g/mol. The number of rotatable bonds is 5. The summed E-state index contributed by atoms with van der Waals surface area (Å²) in [7, 11) is -2.11. The van der Waals surface area contributed by atoms with Crippen LogP contribution in [0.2, 0.25) is 0 Å². The smallest absolute Gasteiger partial charge is 0.264 e. The predicted molar refractivity (Wildman–Crippen MR) is 190 cm³/mol. The molecule has 0 saturated heterocycles. The lowest BCUT2D eigenvalue weighted by atomic mass is 9.87. The fourth-order valence-electron chi connectivity index (χ4n) is 6.84. The number of hydrogen-bond donors (Lipinski definition) is 1. The van der Waals surface area contributed by atoms with E-state index in [2.05, 4.69) is 59.2 Å². The van der Waals surface area contributed by atoms with Crippen molar-refractivity contribution in [3.63, 3.8) is 0 Å². The van der Waals surface area contributed by atoms with Crippen molar-refractivity contribution in [2.75, 3.05) is 11.3 Å². The quantitative estimate of drug-likeness (QED) is 0.209. The largest absolute Gasteiger partial charge is 0.475 e. The van der Waals surface area contributed by atoms with Crippen LogP contribution in [0, 0.1) is 19.3 Å². The first-order valence-corrected chi connectivity index (χ1v) is 18.2. The van der Waals surface area contributed by atoms with Gasteiger partial charge in [0.1, 0.15) is 12.3 Å². The minimum Gasteiger partial charge on any atom is -0.475 e. The second-order valence-corrected chi connectivity index (χ2v) is 16.3. The number of amides is 1. The first-order chi connectivity index (χ1) is 23.3. The van der Waals surface area contributed by atoms with Crippen LogP contribution in [-0.2, 0) is 23.6 Å². The predicted octanol–water partition coefficient (Wildman–Crippen LogP) is 7.16. The highest BCUT2D eigenvalue weighted by atomic mass is 32.2. The average Bonchev–Trinajstić information content (AvgIpc) is 3.83. The third kappa shape index (κ3) is 6.76. The van der Waals surface area contributed by atoms with Gasteiger partial charge in [-0.05, 0) is 92.0 Å². The van der Waals surface area contributed by atoms with Gasteiger partial charge in [0.05, 0.1) is 28.9 Å². The fourth-order valence-corrected chi connectivity index (χ4v) is 7.83. The van der Waals surface area contributed by atoms with Gasteiger partial charge in [0, 0.05) is 35.3 Å². The normalized spacial score (nSPS) is 17.9. The van der Waals surface area contributed by atoms with Crippen LogP contribution in [0.1, 0.15) is 78.8 Å². The number of benzene rings is 2. The van der Waals surface area contributed by atoms with Crippen LogP contribution < -0.4 is 9.46 Å². The molecule has 3 aromatic heterocycles. The summed E-state index contributed by atoms with van der Waals surface area (Å²) < 4.78 is 38.6. The molecule has 2 aromatic carbocycles. The third-order valence-corrected chi connectivity index (χ3v) is 10.7. The lowest BCUT2D eigenvalue weighted by molar-refractivity contribution is 0.0509. The molecule has 49 heavy (non-hydrogen) atoms. The van der Waals surface area contributed by atoms with Gasteiger partial charge < -0.3 is 14.2 Å². The molecule has 1 amide bonds. The van der Waals surface area contributed by atoms with E-state index < -0.39 is 16.1 Å². The summed E-state index contributed by atoms with van der Waals surface area (Å²) in [6.45, 7) is 10.7. The summed E-state index contributed by atoms with van der Waals surface area (Å²) in [6.07, 6.45) is 2.99. The molecule has 7 rings (SSSR count). The number of nitrogens with one attached hydrogen (secondary N) is 1. The molecule has 1 N–H and O–H groups in total. The molecule has 1 atom stereocenters. The zero-order valence-electron chi connectivity index (χ0n) is 28.8. The standard InChI is InChI=1S/C38H42N6O4S/c1-23-9-7-10-24(2)34(23)31-19-33-41-37(40-31)42-49(46,47)30-12-8-11-27(17-30)36(45)44(29(22-48-33)20-38(3,4)5)21-28-16-15-26-18-32(25-13-14-25)43(6)35(26)39-28/h7-12,15-19,25,29H,13-14,20-22H2,1-6H3,(H,40,41,42)/t29-/m1/s1. The Hall–Kier alpha value is -4.77. The van der Waals surface area contributed by atoms with Gasteiger partial charge in [-0.15, -0.1) is 0 Å². The van der Waals surface area contributed by atoms with E-state index in [1.54, 1.807) is 23.1 Å². The second kappa shape index (κ2) is 12.3. The van der Waals surface area contributed by atoms with Crippen LogP contribution in [0.4, 0.5) is 5.95 Å². The Morgan fingerprint density at radius 2 is 1.67 bits per heavy atom. The van der Waals surface area contributed by atoms with E-state index in [1.165, 1.54) is 30.7 Å². The van der Waals surface area contributed by atoms with Crippen molar-refractivity contribution in [1.82, 2.24) is 24.4 Å². The van der Waals surface area contributed by atoms with Gasteiger partial charge in [-0.25, -0.2) is 23.1 Å². The molecule has 0 spiro atoms. The van der Waals surface area contributed by atoms with Gasteiger partial charge in [-0.2, -0.15) is 4.98 Å². The maximum atomic E-state index is 14.6. The number of fused-ring (bicyclic) bond motifs is 5. The van der Waals surface area contributed by atoms with Crippen molar-refractivity contribution in [2.45, 2.75) is 77.3 Å². The molecule has 0 radical (unpaired) electrons. The lowest BCUT2D eigenvalue weighted by Gasteiger charge is -2.35. The SMILES string of the molecule is Cc1cccc(C)c1-c1cc2nc(n1)NS(=O)(=O)c1cccc(c1)C(=O)N(Cc1ccc3cc(C4CC4)n(C)c3n1)[C@H](CC(C)(C)C)CO2. The van der Waals surface area contributed by atoms with E-state index in [4.69, 9.17) is 9.72 Å². The van der Waals surface area contributed by atoms with Gasteiger partial charge in [0.2, 0.25) is 11.8 Å². The van der Waals surface area contributed by atoms with E-state index in [0.717, 1.165) is 33.4 Å². The van der Waals surface area contributed by atoms with Crippen LogP contribution >= 0.6 is 0 Å². The summed E-state index contributed by atoms with van der Waals surface area (Å²) in [5.41, 5.74) is 6.35. The van der Waals surface area contributed by atoms with Crippen molar-refractivity contribution in [3.05, 3.63) is 94.8 Å². The summed E-state index contributed by atoms with van der Waals surface area (Å²) in [4.78, 5) is 30.4. The van der Waals surface area contributed by atoms with E-state index in [-0.39, 0.29) is 46.8 Å². The summed E-state index contributed by atoms with van der Waals surface area (Å²) >= 11 is 0. The van der Waals surface area contributed by atoms with Crippen LogP contribution in [0.5, 0.6) is 5.88 Å². The molecule has 2 aliphatic rings. The number of aryl methyl sites for hydroxylation is 3. The Morgan fingerprint density at radius 1 is 0.939 bits per heavy atom. The zero-order chi connectivity index (χ0) is 34.7. The molecule has 5 aromatic rings. The number of pyridine rings is 1. The highest BCUT2D eigenvalue weighted by Crippen LogP contribution is 2.41. The Kier molecular flexibility index (Phi) is 8.21. The molecule has 0 unspecified atom stereocenters. The van der Waals surface area contributed by atoms with Gasteiger partial charge in [-0.3, -0.25) is 4.79 Å². The number of ether oxygens (including phenoxy) is 1. The Morgan fingerprint density at radius 3 is 2.39 bits per heavy atom. The number of carbonyl (C=O) groups excluding carboxylic acids is 1. The Bertz CT molecular complexity index is 2180. The molecular weight excluding hydrogens is 637 g/mol. The van der Waals surface area contributed by atoms with Crippen molar-refractivity contribution < 1.29 is 17.9 Å². The Balaban J connectivity index is 1.35. The van der Waals surface area contributed by atoms with E-state index in [9.17, 15) is 13.2 Å². The number of hydrogen-bond acceptors (Lipinski definition) is 7. The zero-order valence-corrected chi connectivity index (χ0v) is 29.6. The van der Waals surface area contributed by atoms with Crippen LogP contribution in [0.3, 0.4) is 0 Å². The molecule has 1 saturated carbocycles. The monoisotopic (exact) mass is 678 g/mol. The molecule has 1 aliphatic heterocycles. The molecular formula is C38H42N6O4S. The minimum absolute atomic E-state index is 0.0653. The van der Waals surface area contributed by atoms with E-state index in [1.807, 2.05) is 38.1 Å². The number of nitrogens with zero attached hydrogens (tertiary/aromatic N) is 5. The van der Waals surface area contributed by atoms with Gasteiger partial charge in [0.25, 0.3) is 15.9 Å². The van der Waals surface area contributed by atoms with E-state index >= 15 is 0 Å². The number of sulfonamides is 1. The first-order valence-electron chi connectivity index (χ1n) is 16.7. The maximum absolute atomic E-state index is 14.6. The number of aromatic nitrogens is 4. The molecule has 10 nitrogen and oxygen atoms in total. The summed E-state index contributed by atoms with van der Waals surface area (Å²) in [5.74, 6) is 0.363.